The van der Waals surface area contributed by atoms with Crippen LogP contribution in [0.1, 0.15) is 28.8 Å². The minimum Gasteiger partial charge on any atom is -0.370 e. The lowest BCUT2D eigenvalue weighted by Gasteiger charge is -2.21. The van der Waals surface area contributed by atoms with E-state index < -0.39 is 0 Å². The first kappa shape index (κ1) is 21.1. The Balaban J connectivity index is 1.35. The molecule has 6 heteroatoms. The van der Waals surface area contributed by atoms with Gasteiger partial charge in [0.25, 0.3) is 5.91 Å². The third-order valence-electron chi connectivity index (χ3n) is 5.31. The van der Waals surface area contributed by atoms with Crippen LogP contribution in [0.25, 0.3) is 0 Å². The SMILES string of the molecule is O=C(Cc1ccc(NC(=O)c2ccc(Br)cc2)cc1)Nc1ccccc1N1CCCC1. The number of carbonyl (C=O) groups excluding carboxylic acids is 2. The van der Waals surface area contributed by atoms with E-state index in [-0.39, 0.29) is 18.2 Å². The molecule has 0 bridgehead atoms. The molecular weight excluding hydrogens is 454 g/mol. The lowest BCUT2D eigenvalue weighted by atomic mass is 10.1. The smallest absolute Gasteiger partial charge is 0.255 e. The molecule has 1 heterocycles. The van der Waals surface area contributed by atoms with Crippen LogP contribution in [0.15, 0.2) is 77.3 Å². The lowest BCUT2D eigenvalue weighted by molar-refractivity contribution is -0.115. The van der Waals surface area contributed by atoms with E-state index in [4.69, 9.17) is 0 Å². The van der Waals surface area contributed by atoms with Crippen molar-refractivity contribution in [1.29, 1.82) is 0 Å². The van der Waals surface area contributed by atoms with Crippen LogP contribution in [0.2, 0.25) is 0 Å². The molecule has 1 aliphatic heterocycles. The molecule has 3 aromatic carbocycles. The molecule has 4 rings (SSSR count). The number of nitrogens with one attached hydrogen (secondary N) is 2. The van der Waals surface area contributed by atoms with Gasteiger partial charge in [-0.3, -0.25) is 9.59 Å². The number of carbonyl (C=O) groups is 2. The number of benzene rings is 3. The van der Waals surface area contributed by atoms with Crippen molar-refractivity contribution in [2.75, 3.05) is 28.6 Å². The number of rotatable bonds is 6. The fourth-order valence-corrected chi connectivity index (χ4v) is 3.97. The molecule has 0 saturated carbocycles. The number of hydrogen-bond donors (Lipinski definition) is 2. The number of halogens is 1. The molecule has 1 saturated heterocycles. The molecule has 0 aromatic heterocycles. The maximum atomic E-state index is 12.6. The van der Waals surface area contributed by atoms with Crippen LogP contribution in [0.3, 0.4) is 0 Å². The topological polar surface area (TPSA) is 61.4 Å². The van der Waals surface area contributed by atoms with E-state index in [2.05, 4.69) is 37.5 Å². The Hall–Kier alpha value is -3.12. The second-order valence-electron chi connectivity index (χ2n) is 7.59. The monoisotopic (exact) mass is 477 g/mol. The average Bonchev–Trinajstić information content (AvgIpc) is 3.31. The summed E-state index contributed by atoms with van der Waals surface area (Å²) in [6.07, 6.45) is 2.65. The van der Waals surface area contributed by atoms with Gasteiger partial charge in [0.2, 0.25) is 5.91 Å². The van der Waals surface area contributed by atoms with Gasteiger partial charge in [-0.05, 0) is 66.9 Å². The van der Waals surface area contributed by atoms with Crippen LogP contribution in [0.5, 0.6) is 0 Å². The molecule has 2 amide bonds. The third-order valence-corrected chi connectivity index (χ3v) is 5.84. The first-order valence-electron chi connectivity index (χ1n) is 10.4. The number of hydrogen-bond acceptors (Lipinski definition) is 3. The molecule has 0 spiro atoms. The fraction of sp³-hybridized carbons (Fsp3) is 0.200. The van der Waals surface area contributed by atoms with E-state index >= 15 is 0 Å². The van der Waals surface area contributed by atoms with Gasteiger partial charge in [-0.25, -0.2) is 0 Å². The van der Waals surface area contributed by atoms with Crippen molar-refractivity contribution in [2.24, 2.45) is 0 Å². The molecule has 5 nitrogen and oxygen atoms in total. The van der Waals surface area contributed by atoms with Gasteiger partial charge in [-0.2, -0.15) is 0 Å². The Morgan fingerprint density at radius 3 is 2.23 bits per heavy atom. The summed E-state index contributed by atoms with van der Waals surface area (Å²) in [4.78, 5) is 27.3. The molecular formula is C25H24BrN3O2. The minimum absolute atomic E-state index is 0.0571. The predicted octanol–water partition coefficient (Wildman–Crippen LogP) is 5.48. The summed E-state index contributed by atoms with van der Waals surface area (Å²) in [5, 5.41) is 5.93. The third kappa shape index (κ3) is 5.52. The van der Waals surface area contributed by atoms with Crippen molar-refractivity contribution in [3.05, 3.63) is 88.4 Å². The molecule has 1 aliphatic rings. The minimum atomic E-state index is -0.170. The lowest BCUT2D eigenvalue weighted by Crippen LogP contribution is -2.21. The maximum Gasteiger partial charge on any atom is 0.255 e. The normalized spacial score (nSPS) is 13.1. The van der Waals surface area contributed by atoms with Crippen molar-refractivity contribution in [1.82, 2.24) is 0 Å². The van der Waals surface area contributed by atoms with Crippen LogP contribution in [0, 0.1) is 0 Å². The standard InChI is InChI=1S/C25H24BrN3O2/c26-20-11-9-19(10-12-20)25(31)27-21-13-7-18(8-14-21)17-24(30)28-22-5-1-2-6-23(22)29-15-3-4-16-29/h1-2,5-14H,3-4,15-17H2,(H,27,31)(H,28,30). The molecule has 3 aromatic rings. The quantitative estimate of drug-likeness (QED) is 0.493. The highest BCUT2D eigenvalue weighted by molar-refractivity contribution is 9.10. The number of anilines is 3. The van der Waals surface area contributed by atoms with Gasteiger partial charge in [0.15, 0.2) is 0 Å². The maximum absolute atomic E-state index is 12.6. The van der Waals surface area contributed by atoms with Crippen molar-refractivity contribution >= 4 is 44.8 Å². The van der Waals surface area contributed by atoms with Gasteiger partial charge in [0, 0.05) is 28.8 Å². The van der Waals surface area contributed by atoms with Crippen LogP contribution >= 0.6 is 15.9 Å². The van der Waals surface area contributed by atoms with Crippen LogP contribution in [-0.2, 0) is 11.2 Å². The molecule has 31 heavy (non-hydrogen) atoms. The molecule has 0 aliphatic carbocycles. The summed E-state index contributed by atoms with van der Waals surface area (Å²) < 4.78 is 0.926. The fourth-order valence-electron chi connectivity index (χ4n) is 3.70. The van der Waals surface area contributed by atoms with Crippen molar-refractivity contribution in [3.8, 4) is 0 Å². The van der Waals surface area contributed by atoms with E-state index in [0.29, 0.717) is 11.3 Å². The van der Waals surface area contributed by atoms with Gasteiger partial charge < -0.3 is 15.5 Å². The Labute approximate surface area is 190 Å². The zero-order chi connectivity index (χ0) is 21.6. The summed E-state index contributed by atoms with van der Waals surface area (Å²) in [5.74, 6) is -0.227. The predicted molar refractivity (Wildman–Crippen MR) is 129 cm³/mol. The zero-order valence-corrected chi connectivity index (χ0v) is 18.7. The van der Waals surface area contributed by atoms with Gasteiger partial charge in [-0.15, -0.1) is 0 Å². The average molecular weight is 478 g/mol. The molecule has 1 fully saturated rings. The summed E-state index contributed by atoms with van der Waals surface area (Å²) in [7, 11) is 0. The first-order valence-corrected chi connectivity index (χ1v) is 11.2. The molecule has 158 valence electrons. The van der Waals surface area contributed by atoms with Crippen LogP contribution in [-0.4, -0.2) is 24.9 Å². The second kappa shape index (κ2) is 9.79. The number of amides is 2. The number of para-hydroxylation sites is 2. The van der Waals surface area contributed by atoms with Crippen molar-refractivity contribution in [3.63, 3.8) is 0 Å². The van der Waals surface area contributed by atoms with Gasteiger partial charge in [-0.1, -0.05) is 40.2 Å². The zero-order valence-electron chi connectivity index (χ0n) is 17.1. The molecule has 0 unspecified atom stereocenters. The van der Waals surface area contributed by atoms with E-state index in [1.807, 2.05) is 54.6 Å². The summed E-state index contributed by atoms with van der Waals surface area (Å²) >= 11 is 3.36. The van der Waals surface area contributed by atoms with E-state index in [9.17, 15) is 9.59 Å². The second-order valence-corrected chi connectivity index (χ2v) is 8.51. The number of nitrogens with zero attached hydrogens (tertiary/aromatic N) is 1. The largest absolute Gasteiger partial charge is 0.370 e. The van der Waals surface area contributed by atoms with E-state index in [0.717, 1.165) is 34.5 Å². The first-order chi connectivity index (χ1) is 15.1. The van der Waals surface area contributed by atoms with Crippen molar-refractivity contribution < 1.29 is 9.59 Å². The summed E-state index contributed by atoms with van der Waals surface area (Å²) in [6, 6.07) is 22.5. The van der Waals surface area contributed by atoms with Crippen molar-refractivity contribution in [2.45, 2.75) is 19.3 Å². The Morgan fingerprint density at radius 2 is 1.52 bits per heavy atom. The highest BCUT2D eigenvalue weighted by Crippen LogP contribution is 2.28. The van der Waals surface area contributed by atoms with Gasteiger partial charge >= 0.3 is 0 Å². The van der Waals surface area contributed by atoms with Crippen LogP contribution in [0.4, 0.5) is 17.1 Å². The Bertz CT molecular complexity index is 1060. The van der Waals surface area contributed by atoms with E-state index in [1.165, 1.54) is 12.8 Å². The molecule has 0 radical (unpaired) electrons. The summed E-state index contributed by atoms with van der Waals surface area (Å²) in [5.41, 5.74) is 4.10. The Kier molecular flexibility index (Phi) is 6.67. The summed E-state index contributed by atoms with van der Waals surface area (Å²) in [6.45, 7) is 2.06. The van der Waals surface area contributed by atoms with Gasteiger partial charge in [0.1, 0.15) is 0 Å². The van der Waals surface area contributed by atoms with E-state index in [1.54, 1.807) is 12.1 Å². The highest BCUT2D eigenvalue weighted by atomic mass is 79.9. The highest BCUT2D eigenvalue weighted by Gasteiger charge is 2.16. The molecule has 2 N–H and O–H groups in total. The van der Waals surface area contributed by atoms with Crippen LogP contribution < -0.4 is 15.5 Å². The molecule has 0 atom stereocenters. The van der Waals surface area contributed by atoms with Gasteiger partial charge in [0.05, 0.1) is 17.8 Å². The Morgan fingerprint density at radius 1 is 0.839 bits per heavy atom.